The lowest BCUT2D eigenvalue weighted by molar-refractivity contribution is 0.237. The summed E-state index contributed by atoms with van der Waals surface area (Å²) in [4.78, 5) is 7.01. The van der Waals surface area contributed by atoms with Crippen molar-refractivity contribution in [1.29, 1.82) is 0 Å². The summed E-state index contributed by atoms with van der Waals surface area (Å²) in [7, 11) is 0. The summed E-state index contributed by atoms with van der Waals surface area (Å²) in [5.74, 6) is 0.878. The minimum absolute atomic E-state index is 0.351. The van der Waals surface area contributed by atoms with E-state index in [-0.39, 0.29) is 0 Å². The summed E-state index contributed by atoms with van der Waals surface area (Å²) in [5.41, 5.74) is 1.11. The molecule has 1 aromatic rings. The first-order valence-corrected chi connectivity index (χ1v) is 8.38. The molecular formula is C17H29N3O. The maximum absolute atomic E-state index is 5.79. The van der Waals surface area contributed by atoms with Gasteiger partial charge in [0.1, 0.15) is 12.4 Å². The van der Waals surface area contributed by atoms with Gasteiger partial charge >= 0.3 is 0 Å². The number of nitrogens with one attached hydrogen (secondary N) is 1. The van der Waals surface area contributed by atoms with E-state index in [1.165, 1.54) is 25.9 Å². The van der Waals surface area contributed by atoms with E-state index < -0.39 is 0 Å². The molecule has 0 aliphatic carbocycles. The van der Waals surface area contributed by atoms with Gasteiger partial charge in [0.15, 0.2) is 0 Å². The molecule has 1 saturated heterocycles. The fourth-order valence-electron chi connectivity index (χ4n) is 2.76. The van der Waals surface area contributed by atoms with Crippen LogP contribution in [0.1, 0.15) is 51.3 Å². The summed E-state index contributed by atoms with van der Waals surface area (Å²) >= 11 is 0. The molecule has 0 saturated carbocycles. The molecule has 0 bridgehead atoms. The van der Waals surface area contributed by atoms with E-state index in [0.717, 1.165) is 44.0 Å². The van der Waals surface area contributed by atoms with E-state index in [0.29, 0.717) is 6.04 Å². The van der Waals surface area contributed by atoms with Crippen LogP contribution in [-0.2, 0) is 0 Å². The maximum atomic E-state index is 5.79. The number of pyridine rings is 1. The fourth-order valence-corrected chi connectivity index (χ4v) is 2.76. The second-order valence-electron chi connectivity index (χ2n) is 5.73. The van der Waals surface area contributed by atoms with Crippen LogP contribution in [0.25, 0.3) is 0 Å². The maximum Gasteiger partial charge on any atom is 0.137 e. The topological polar surface area (TPSA) is 37.4 Å². The minimum Gasteiger partial charge on any atom is -0.491 e. The first-order valence-electron chi connectivity index (χ1n) is 8.38. The smallest absolute Gasteiger partial charge is 0.137 e. The van der Waals surface area contributed by atoms with Gasteiger partial charge in [-0.05, 0) is 57.5 Å². The first-order chi connectivity index (χ1) is 10.3. The fraction of sp³-hybridized carbons (Fsp3) is 0.706. The van der Waals surface area contributed by atoms with E-state index >= 15 is 0 Å². The highest BCUT2D eigenvalue weighted by atomic mass is 16.5. The monoisotopic (exact) mass is 291 g/mol. The van der Waals surface area contributed by atoms with E-state index in [9.17, 15) is 0 Å². The molecule has 1 N–H and O–H groups in total. The highest BCUT2D eigenvalue weighted by Gasteiger charge is 2.11. The molecule has 0 radical (unpaired) electrons. The summed E-state index contributed by atoms with van der Waals surface area (Å²) in [5, 5.41) is 3.53. The molecule has 1 aliphatic rings. The van der Waals surface area contributed by atoms with Crippen molar-refractivity contribution in [2.24, 2.45) is 0 Å². The van der Waals surface area contributed by atoms with E-state index in [1.807, 2.05) is 12.3 Å². The Morgan fingerprint density at radius 2 is 2.10 bits per heavy atom. The molecule has 2 rings (SSSR count). The normalized spacial score (nSPS) is 17.0. The quantitative estimate of drug-likeness (QED) is 0.759. The Bertz CT molecular complexity index is 388. The standard InChI is InChI=1S/C17H29N3O/c1-3-9-18-16(4-2)17-8-7-15(14-19-17)21-13-12-20-10-5-6-11-20/h7-8,14,16,18H,3-6,9-13H2,1-2H3. The van der Waals surface area contributed by atoms with Crippen molar-refractivity contribution >= 4 is 0 Å². The summed E-state index contributed by atoms with van der Waals surface area (Å²) in [6.07, 6.45) is 6.73. The number of hydrogen-bond acceptors (Lipinski definition) is 4. The molecule has 118 valence electrons. The van der Waals surface area contributed by atoms with Crippen molar-refractivity contribution in [3.63, 3.8) is 0 Å². The molecule has 4 nitrogen and oxygen atoms in total. The molecular weight excluding hydrogens is 262 g/mol. The number of hydrogen-bond donors (Lipinski definition) is 1. The third-order valence-corrected chi connectivity index (χ3v) is 4.04. The molecule has 1 aromatic heterocycles. The molecule has 2 heterocycles. The van der Waals surface area contributed by atoms with Gasteiger partial charge in [0.25, 0.3) is 0 Å². The molecule has 21 heavy (non-hydrogen) atoms. The van der Waals surface area contributed by atoms with Crippen molar-refractivity contribution in [3.8, 4) is 5.75 Å². The van der Waals surface area contributed by atoms with Gasteiger partial charge in [0.05, 0.1) is 11.9 Å². The van der Waals surface area contributed by atoms with Gasteiger partial charge in [-0.15, -0.1) is 0 Å². The highest BCUT2D eigenvalue weighted by Crippen LogP contribution is 2.17. The molecule has 0 aromatic carbocycles. The Hall–Kier alpha value is -1.13. The van der Waals surface area contributed by atoms with Crippen LogP contribution in [0.5, 0.6) is 5.75 Å². The zero-order valence-electron chi connectivity index (χ0n) is 13.5. The number of likely N-dealkylation sites (tertiary alicyclic amines) is 1. The van der Waals surface area contributed by atoms with E-state index in [1.54, 1.807) is 0 Å². The van der Waals surface area contributed by atoms with Gasteiger partial charge in [-0.1, -0.05) is 13.8 Å². The van der Waals surface area contributed by atoms with Crippen LogP contribution in [-0.4, -0.2) is 42.7 Å². The van der Waals surface area contributed by atoms with Crippen molar-refractivity contribution in [2.75, 3.05) is 32.8 Å². The Balaban J connectivity index is 1.77. The Morgan fingerprint density at radius 3 is 2.71 bits per heavy atom. The molecule has 1 fully saturated rings. The first kappa shape index (κ1) is 16.2. The average molecular weight is 291 g/mol. The number of ether oxygens (including phenoxy) is 1. The molecule has 1 unspecified atom stereocenters. The Kier molecular flexibility index (Phi) is 6.96. The van der Waals surface area contributed by atoms with Crippen LogP contribution < -0.4 is 10.1 Å². The molecule has 0 amide bonds. The van der Waals surface area contributed by atoms with Crippen LogP contribution in [0.4, 0.5) is 0 Å². The predicted molar refractivity (Wildman–Crippen MR) is 86.7 cm³/mol. The van der Waals surface area contributed by atoms with Crippen LogP contribution in [0, 0.1) is 0 Å². The lowest BCUT2D eigenvalue weighted by Crippen LogP contribution is -2.25. The third-order valence-electron chi connectivity index (χ3n) is 4.04. The SMILES string of the molecule is CCCNC(CC)c1ccc(OCCN2CCCC2)cn1. The van der Waals surface area contributed by atoms with Gasteiger partial charge in [-0.3, -0.25) is 9.88 Å². The van der Waals surface area contributed by atoms with Crippen molar-refractivity contribution in [3.05, 3.63) is 24.0 Å². The van der Waals surface area contributed by atoms with Gasteiger partial charge in [-0.2, -0.15) is 0 Å². The van der Waals surface area contributed by atoms with Gasteiger partial charge in [0, 0.05) is 12.6 Å². The lowest BCUT2D eigenvalue weighted by Gasteiger charge is -2.17. The largest absolute Gasteiger partial charge is 0.491 e. The second kappa shape index (κ2) is 9.00. The third kappa shape index (κ3) is 5.29. The lowest BCUT2D eigenvalue weighted by atomic mass is 10.1. The van der Waals surface area contributed by atoms with Crippen LogP contribution in [0.15, 0.2) is 18.3 Å². The highest BCUT2D eigenvalue weighted by molar-refractivity contribution is 5.21. The van der Waals surface area contributed by atoms with E-state index in [2.05, 4.69) is 35.1 Å². The molecule has 4 heteroatoms. The van der Waals surface area contributed by atoms with Crippen molar-refractivity contribution in [1.82, 2.24) is 15.2 Å². The van der Waals surface area contributed by atoms with Crippen LogP contribution in [0.2, 0.25) is 0 Å². The van der Waals surface area contributed by atoms with E-state index in [4.69, 9.17) is 4.74 Å². The zero-order chi connectivity index (χ0) is 14.9. The average Bonchev–Trinajstić information content (AvgIpc) is 3.03. The number of nitrogens with zero attached hydrogens (tertiary/aromatic N) is 2. The summed E-state index contributed by atoms with van der Waals surface area (Å²) in [6, 6.07) is 4.48. The number of aromatic nitrogens is 1. The minimum atomic E-state index is 0.351. The second-order valence-corrected chi connectivity index (χ2v) is 5.73. The molecule has 0 spiro atoms. The van der Waals surface area contributed by atoms with Crippen LogP contribution in [0.3, 0.4) is 0 Å². The molecule has 1 atom stereocenters. The Morgan fingerprint density at radius 1 is 1.29 bits per heavy atom. The van der Waals surface area contributed by atoms with Crippen molar-refractivity contribution in [2.45, 2.75) is 45.6 Å². The van der Waals surface area contributed by atoms with Crippen LogP contribution >= 0.6 is 0 Å². The van der Waals surface area contributed by atoms with Gasteiger partial charge in [-0.25, -0.2) is 0 Å². The predicted octanol–water partition coefficient (Wildman–Crippen LogP) is 3.01. The van der Waals surface area contributed by atoms with Gasteiger partial charge < -0.3 is 10.1 Å². The summed E-state index contributed by atoms with van der Waals surface area (Å²) in [6.45, 7) is 9.64. The van der Waals surface area contributed by atoms with Crippen molar-refractivity contribution < 1.29 is 4.74 Å². The zero-order valence-corrected chi connectivity index (χ0v) is 13.5. The Labute approximate surface area is 128 Å². The van der Waals surface area contributed by atoms with Gasteiger partial charge in [0.2, 0.25) is 0 Å². The molecule has 1 aliphatic heterocycles. The number of rotatable bonds is 9. The summed E-state index contributed by atoms with van der Waals surface area (Å²) < 4.78 is 5.79.